The summed E-state index contributed by atoms with van der Waals surface area (Å²) in [5.74, 6) is 0. The molecule has 0 saturated carbocycles. The van der Waals surface area contributed by atoms with E-state index in [0.717, 1.165) is 34.4 Å². The van der Waals surface area contributed by atoms with Gasteiger partial charge in [0.05, 0.1) is 21.6 Å². The highest BCUT2D eigenvalue weighted by Crippen LogP contribution is 2.32. The molecular weight excluding hydrogens is 266 g/mol. The highest BCUT2D eigenvalue weighted by atomic mass is 32.1. The third kappa shape index (κ3) is 1.84. The van der Waals surface area contributed by atoms with Gasteiger partial charge in [0.2, 0.25) is 0 Å². The topological polar surface area (TPSA) is 50.9 Å². The first-order chi connectivity index (χ1) is 9.81. The Kier molecular flexibility index (Phi) is 2.63. The molecular formula is C16H15N3S. The van der Waals surface area contributed by atoms with Crippen LogP contribution < -0.4 is 11.1 Å². The first-order valence-corrected chi connectivity index (χ1v) is 7.64. The molecule has 4 heteroatoms. The quantitative estimate of drug-likeness (QED) is 0.707. The second kappa shape index (κ2) is 4.49. The standard InChI is InChI=1S/C16H15N3S/c17-15-13(5-6-14-16(15)18-9-20-14)19-12-7-10-3-1-2-4-11(10)8-12/h1-6,9,12,19H,7-8,17H2. The number of fused-ring (bicyclic) bond motifs is 2. The minimum absolute atomic E-state index is 0.422. The van der Waals surface area contributed by atoms with Gasteiger partial charge in [-0.25, -0.2) is 4.98 Å². The maximum atomic E-state index is 6.23. The molecule has 0 spiro atoms. The summed E-state index contributed by atoms with van der Waals surface area (Å²) in [7, 11) is 0. The van der Waals surface area contributed by atoms with E-state index >= 15 is 0 Å². The number of aromatic nitrogens is 1. The number of benzene rings is 2. The lowest BCUT2D eigenvalue weighted by Gasteiger charge is -2.15. The predicted octanol–water partition coefficient (Wildman–Crippen LogP) is 3.46. The van der Waals surface area contributed by atoms with Crippen molar-refractivity contribution in [1.82, 2.24) is 4.98 Å². The Morgan fingerprint density at radius 1 is 1.10 bits per heavy atom. The van der Waals surface area contributed by atoms with E-state index in [-0.39, 0.29) is 0 Å². The van der Waals surface area contributed by atoms with E-state index in [4.69, 9.17) is 5.73 Å². The summed E-state index contributed by atoms with van der Waals surface area (Å²) in [5, 5.41) is 3.58. The van der Waals surface area contributed by atoms with Crippen LogP contribution in [-0.2, 0) is 12.8 Å². The van der Waals surface area contributed by atoms with E-state index in [1.54, 1.807) is 11.3 Å². The van der Waals surface area contributed by atoms with Gasteiger partial charge in [0.1, 0.15) is 5.52 Å². The lowest BCUT2D eigenvalue weighted by atomic mass is 10.1. The average molecular weight is 281 g/mol. The molecule has 1 aliphatic carbocycles. The van der Waals surface area contributed by atoms with Crippen LogP contribution in [0.25, 0.3) is 10.2 Å². The summed E-state index contributed by atoms with van der Waals surface area (Å²) in [6, 6.07) is 13.2. The van der Waals surface area contributed by atoms with Crippen LogP contribution in [0.5, 0.6) is 0 Å². The van der Waals surface area contributed by atoms with Gasteiger partial charge in [0.25, 0.3) is 0 Å². The average Bonchev–Trinajstić information content (AvgIpc) is 3.08. The fourth-order valence-corrected chi connectivity index (χ4v) is 3.65. The summed E-state index contributed by atoms with van der Waals surface area (Å²) in [6.45, 7) is 0. The fourth-order valence-electron chi connectivity index (χ4n) is 2.96. The normalized spacial score (nSPS) is 14.6. The monoisotopic (exact) mass is 281 g/mol. The molecule has 4 rings (SSSR count). The SMILES string of the molecule is Nc1c(NC2Cc3ccccc3C2)ccc2scnc12. The van der Waals surface area contributed by atoms with E-state index in [9.17, 15) is 0 Å². The number of rotatable bonds is 2. The number of nitrogens with one attached hydrogen (secondary N) is 1. The zero-order valence-electron chi connectivity index (χ0n) is 11.0. The summed E-state index contributed by atoms with van der Waals surface area (Å²) >= 11 is 1.62. The minimum atomic E-state index is 0.422. The number of thiazole rings is 1. The van der Waals surface area contributed by atoms with Gasteiger partial charge in [-0.2, -0.15) is 0 Å². The summed E-state index contributed by atoms with van der Waals surface area (Å²) in [5.41, 5.74) is 13.6. The minimum Gasteiger partial charge on any atom is -0.395 e. The molecule has 1 heterocycles. The van der Waals surface area contributed by atoms with Crippen LogP contribution in [0.2, 0.25) is 0 Å². The van der Waals surface area contributed by atoms with Crippen molar-refractivity contribution in [3.63, 3.8) is 0 Å². The van der Waals surface area contributed by atoms with Crippen LogP contribution in [0.4, 0.5) is 11.4 Å². The van der Waals surface area contributed by atoms with E-state index in [1.165, 1.54) is 11.1 Å². The lowest BCUT2D eigenvalue weighted by Crippen LogP contribution is -2.20. The Morgan fingerprint density at radius 3 is 2.60 bits per heavy atom. The molecule has 0 unspecified atom stereocenters. The maximum Gasteiger partial charge on any atom is 0.106 e. The Balaban J connectivity index is 1.62. The van der Waals surface area contributed by atoms with Crippen LogP contribution in [0.3, 0.4) is 0 Å². The number of nitrogen functional groups attached to an aromatic ring is 1. The summed E-state index contributed by atoms with van der Waals surface area (Å²) in [4.78, 5) is 4.35. The molecule has 0 fully saturated rings. The predicted molar refractivity (Wildman–Crippen MR) is 85.3 cm³/mol. The van der Waals surface area contributed by atoms with Crippen molar-refractivity contribution in [1.29, 1.82) is 0 Å². The molecule has 1 aromatic heterocycles. The van der Waals surface area contributed by atoms with Crippen molar-refractivity contribution >= 4 is 32.9 Å². The molecule has 0 bridgehead atoms. The van der Waals surface area contributed by atoms with Crippen molar-refractivity contribution in [2.24, 2.45) is 0 Å². The highest BCUT2D eigenvalue weighted by molar-refractivity contribution is 7.16. The molecule has 0 atom stereocenters. The van der Waals surface area contributed by atoms with Crippen LogP contribution in [0, 0.1) is 0 Å². The molecule has 100 valence electrons. The molecule has 3 N–H and O–H groups in total. The Bertz CT molecular complexity index is 753. The van der Waals surface area contributed by atoms with Crippen molar-refractivity contribution in [3.05, 3.63) is 53.0 Å². The Labute approximate surface area is 121 Å². The lowest BCUT2D eigenvalue weighted by molar-refractivity contribution is 0.775. The van der Waals surface area contributed by atoms with Gasteiger partial charge < -0.3 is 11.1 Å². The molecule has 1 aliphatic rings. The largest absolute Gasteiger partial charge is 0.395 e. The smallest absolute Gasteiger partial charge is 0.106 e. The maximum absolute atomic E-state index is 6.23. The molecule has 3 aromatic rings. The zero-order chi connectivity index (χ0) is 13.5. The second-order valence-electron chi connectivity index (χ2n) is 5.24. The first kappa shape index (κ1) is 11.7. The summed E-state index contributed by atoms with van der Waals surface area (Å²) < 4.78 is 1.14. The van der Waals surface area contributed by atoms with Gasteiger partial charge in [-0.1, -0.05) is 24.3 Å². The van der Waals surface area contributed by atoms with Gasteiger partial charge in [-0.15, -0.1) is 11.3 Å². The van der Waals surface area contributed by atoms with Gasteiger partial charge in [-0.05, 0) is 36.1 Å². The third-order valence-electron chi connectivity index (χ3n) is 3.95. The molecule has 0 saturated heterocycles. The molecule has 20 heavy (non-hydrogen) atoms. The Morgan fingerprint density at radius 2 is 1.85 bits per heavy atom. The molecule has 0 aliphatic heterocycles. The molecule has 0 radical (unpaired) electrons. The molecule has 0 amide bonds. The number of nitrogens with two attached hydrogens (primary N) is 1. The van der Waals surface area contributed by atoms with Gasteiger partial charge in [0, 0.05) is 6.04 Å². The van der Waals surface area contributed by atoms with Crippen molar-refractivity contribution in [2.75, 3.05) is 11.1 Å². The number of anilines is 2. The highest BCUT2D eigenvalue weighted by Gasteiger charge is 2.21. The summed E-state index contributed by atoms with van der Waals surface area (Å²) in [6.07, 6.45) is 2.12. The molecule has 2 aromatic carbocycles. The number of nitrogens with zero attached hydrogens (tertiary/aromatic N) is 1. The van der Waals surface area contributed by atoms with E-state index < -0.39 is 0 Å². The third-order valence-corrected chi connectivity index (χ3v) is 4.75. The molecule has 3 nitrogen and oxygen atoms in total. The van der Waals surface area contributed by atoms with Crippen LogP contribution in [0.1, 0.15) is 11.1 Å². The number of hydrogen-bond acceptors (Lipinski definition) is 4. The Hall–Kier alpha value is -2.07. The van der Waals surface area contributed by atoms with Crippen molar-refractivity contribution in [3.8, 4) is 0 Å². The van der Waals surface area contributed by atoms with Gasteiger partial charge >= 0.3 is 0 Å². The van der Waals surface area contributed by atoms with Gasteiger partial charge in [-0.3, -0.25) is 0 Å². The van der Waals surface area contributed by atoms with E-state index in [0.29, 0.717) is 6.04 Å². The van der Waals surface area contributed by atoms with Crippen molar-refractivity contribution in [2.45, 2.75) is 18.9 Å². The van der Waals surface area contributed by atoms with E-state index in [1.807, 2.05) is 5.51 Å². The van der Waals surface area contributed by atoms with Crippen LogP contribution in [-0.4, -0.2) is 11.0 Å². The van der Waals surface area contributed by atoms with Crippen molar-refractivity contribution < 1.29 is 0 Å². The van der Waals surface area contributed by atoms with Gasteiger partial charge in [0.15, 0.2) is 0 Å². The van der Waals surface area contributed by atoms with Crippen LogP contribution >= 0.6 is 11.3 Å². The number of hydrogen-bond donors (Lipinski definition) is 2. The zero-order valence-corrected chi connectivity index (χ0v) is 11.8. The van der Waals surface area contributed by atoms with E-state index in [2.05, 4.69) is 46.7 Å². The second-order valence-corrected chi connectivity index (χ2v) is 6.13. The van der Waals surface area contributed by atoms with Crippen LogP contribution in [0.15, 0.2) is 41.9 Å². The fraction of sp³-hybridized carbons (Fsp3) is 0.188. The first-order valence-electron chi connectivity index (χ1n) is 6.76.